The molecular weight excluding hydrogens is 366 g/mol. The summed E-state index contributed by atoms with van der Waals surface area (Å²) in [5, 5.41) is 16.8. The van der Waals surface area contributed by atoms with Gasteiger partial charge < -0.3 is 10.1 Å². The summed E-state index contributed by atoms with van der Waals surface area (Å²) >= 11 is 5.23. The summed E-state index contributed by atoms with van der Waals surface area (Å²) in [6.45, 7) is 4.21. The average Bonchev–Trinajstić information content (AvgIpc) is 2.67. The van der Waals surface area contributed by atoms with Gasteiger partial charge in [0, 0.05) is 17.3 Å². The highest BCUT2D eigenvalue weighted by molar-refractivity contribution is 7.80. The summed E-state index contributed by atoms with van der Waals surface area (Å²) in [6, 6.07) is 11.7. The number of benzene rings is 2. The van der Waals surface area contributed by atoms with Gasteiger partial charge in [-0.15, -0.1) is 0 Å². The number of nitro benzene ring substituents is 1. The number of anilines is 1. The SMILES string of the molecule is CC[C@@H](C)c1ccccc1NC(=S)NC(=O)c1ccc(OC)c([N+](=O)[O-])c1. The molecule has 0 aliphatic heterocycles. The Morgan fingerprint density at radius 1 is 1.30 bits per heavy atom. The van der Waals surface area contributed by atoms with Crippen molar-refractivity contribution in [2.45, 2.75) is 26.2 Å². The zero-order valence-corrected chi connectivity index (χ0v) is 16.1. The van der Waals surface area contributed by atoms with Crippen LogP contribution in [0, 0.1) is 10.1 Å². The van der Waals surface area contributed by atoms with Crippen LogP contribution in [0.1, 0.15) is 42.1 Å². The van der Waals surface area contributed by atoms with Crippen LogP contribution >= 0.6 is 12.2 Å². The molecule has 1 amide bonds. The Hall–Kier alpha value is -3.00. The molecule has 0 spiro atoms. The first-order valence-corrected chi connectivity index (χ1v) is 8.81. The lowest BCUT2D eigenvalue weighted by molar-refractivity contribution is -0.385. The molecule has 0 aliphatic rings. The van der Waals surface area contributed by atoms with Gasteiger partial charge in [0.05, 0.1) is 12.0 Å². The van der Waals surface area contributed by atoms with Crippen LogP contribution in [0.4, 0.5) is 11.4 Å². The summed E-state index contributed by atoms with van der Waals surface area (Å²) in [5.74, 6) is -0.129. The van der Waals surface area contributed by atoms with Gasteiger partial charge in [0.2, 0.25) is 0 Å². The van der Waals surface area contributed by atoms with Gasteiger partial charge in [0.15, 0.2) is 10.9 Å². The van der Waals surface area contributed by atoms with Gasteiger partial charge in [-0.2, -0.15) is 0 Å². The minimum atomic E-state index is -0.603. The Bertz CT molecular complexity index is 870. The number of thiocarbonyl (C=S) groups is 1. The molecule has 1 atom stereocenters. The number of hydrogen-bond donors (Lipinski definition) is 2. The Kier molecular flexibility index (Phi) is 6.84. The van der Waals surface area contributed by atoms with Crippen molar-refractivity contribution in [1.29, 1.82) is 0 Å². The standard InChI is InChI=1S/C19H21N3O4S/c1-4-12(2)14-7-5-6-8-15(14)20-19(27)21-18(23)13-9-10-17(26-3)16(11-13)22(24)25/h5-12H,4H2,1-3H3,(H2,20,21,23,27)/t12-/m1/s1. The number of amides is 1. The van der Waals surface area contributed by atoms with Gasteiger partial charge in [-0.3, -0.25) is 20.2 Å². The molecule has 0 fully saturated rings. The Morgan fingerprint density at radius 3 is 2.63 bits per heavy atom. The topological polar surface area (TPSA) is 93.5 Å². The molecule has 27 heavy (non-hydrogen) atoms. The van der Waals surface area contributed by atoms with Crippen molar-refractivity contribution in [3.63, 3.8) is 0 Å². The van der Waals surface area contributed by atoms with Crippen LogP contribution in [-0.2, 0) is 0 Å². The normalized spacial score (nSPS) is 11.4. The Labute approximate surface area is 162 Å². The third-order valence-electron chi connectivity index (χ3n) is 4.22. The second kappa shape index (κ2) is 9.09. The number of ether oxygens (including phenoxy) is 1. The van der Waals surface area contributed by atoms with Crippen LogP contribution in [0.25, 0.3) is 0 Å². The van der Waals surface area contributed by atoms with Crippen LogP contribution < -0.4 is 15.4 Å². The van der Waals surface area contributed by atoms with Crippen molar-refractivity contribution in [2.75, 3.05) is 12.4 Å². The summed E-state index contributed by atoms with van der Waals surface area (Å²) in [5.41, 5.74) is 1.74. The molecule has 8 heteroatoms. The van der Waals surface area contributed by atoms with Crippen LogP contribution in [-0.4, -0.2) is 23.1 Å². The zero-order chi connectivity index (χ0) is 20.0. The van der Waals surface area contributed by atoms with E-state index in [2.05, 4.69) is 24.5 Å². The van der Waals surface area contributed by atoms with Crippen molar-refractivity contribution in [3.05, 3.63) is 63.7 Å². The van der Waals surface area contributed by atoms with Gasteiger partial charge in [-0.1, -0.05) is 32.0 Å². The van der Waals surface area contributed by atoms with E-state index in [9.17, 15) is 14.9 Å². The number of nitro groups is 1. The van der Waals surface area contributed by atoms with Gasteiger partial charge in [-0.25, -0.2) is 0 Å². The second-order valence-electron chi connectivity index (χ2n) is 5.95. The predicted octanol–water partition coefficient (Wildman–Crippen LogP) is 4.24. The van der Waals surface area contributed by atoms with Gasteiger partial charge >= 0.3 is 5.69 Å². The number of carbonyl (C=O) groups is 1. The molecule has 0 heterocycles. The summed E-state index contributed by atoms with van der Waals surface area (Å²) in [6.07, 6.45) is 0.966. The van der Waals surface area contributed by atoms with Gasteiger partial charge in [0.25, 0.3) is 5.91 Å². The second-order valence-corrected chi connectivity index (χ2v) is 6.36. The van der Waals surface area contributed by atoms with Gasteiger partial charge in [-0.05, 0) is 48.3 Å². The van der Waals surface area contributed by atoms with Crippen molar-refractivity contribution in [3.8, 4) is 5.75 Å². The minimum absolute atomic E-state index is 0.0831. The number of rotatable bonds is 6. The fourth-order valence-corrected chi connectivity index (χ4v) is 2.77. The third kappa shape index (κ3) is 5.01. The molecule has 0 radical (unpaired) electrons. The number of para-hydroxylation sites is 1. The van der Waals surface area contributed by atoms with E-state index in [-0.39, 0.29) is 22.1 Å². The van der Waals surface area contributed by atoms with Crippen LogP contribution in [0.3, 0.4) is 0 Å². The monoisotopic (exact) mass is 387 g/mol. The smallest absolute Gasteiger partial charge is 0.311 e. The Morgan fingerprint density at radius 2 is 2.00 bits per heavy atom. The maximum Gasteiger partial charge on any atom is 0.311 e. The molecule has 0 aromatic heterocycles. The highest BCUT2D eigenvalue weighted by Crippen LogP contribution is 2.28. The third-order valence-corrected chi connectivity index (χ3v) is 4.42. The van der Waals surface area contributed by atoms with E-state index in [0.717, 1.165) is 23.7 Å². The van der Waals surface area contributed by atoms with Crippen molar-refractivity contribution >= 4 is 34.6 Å². The van der Waals surface area contributed by atoms with Crippen molar-refractivity contribution < 1.29 is 14.5 Å². The molecule has 7 nitrogen and oxygen atoms in total. The first-order chi connectivity index (χ1) is 12.9. The quantitative estimate of drug-likeness (QED) is 0.437. The maximum absolute atomic E-state index is 12.4. The maximum atomic E-state index is 12.4. The lowest BCUT2D eigenvalue weighted by Crippen LogP contribution is -2.34. The van der Waals surface area contributed by atoms with E-state index in [0.29, 0.717) is 5.92 Å². The fraction of sp³-hybridized carbons (Fsp3) is 0.263. The molecule has 0 saturated heterocycles. The van der Waals surface area contributed by atoms with E-state index in [1.165, 1.54) is 19.2 Å². The molecular formula is C19H21N3O4S. The first kappa shape index (κ1) is 20.3. The molecule has 0 unspecified atom stereocenters. The van der Waals surface area contributed by atoms with Crippen molar-refractivity contribution in [1.82, 2.24) is 5.32 Å². The zero-order valence-electron chi connectivity index (χ0n) is 15.3. The molecule has 0 aliphatic carbocycles. The summed E-state index contributed by atoms with van der Waals surface area (Å²) in [7, 11) is 1.33. The van der Waals surface area contributed by atoms with E-state index >= 15 is 0 Å². The lowest BCUT2D eigenvalue weighted by Gasteiger charge is -2.17. The van der Waals surface area contributed by atoms with E-state index < -0.39 is 10.8 Å². The summed E-state index contributed by atoms with van der Waals surface area (Å²) < 4.78 is 4.94. The van der Waals surface area contributed by atoms with Crippen LogP contribution in [0.2, 0.25) is 0 Å². The molecule has 2 N–H and O–H groups in total. The number of nitrogens with zero attached hydrogens (tertiary/aromatic N) is 1. The molecule has 2 aromatic carbocycles. The minimum Gasteiger partial charge on any atom is -0.490 e. The lowest BCUT2D eigenvalue weighted by atomic mass is 9.97. The largest absolute Gasteiger partial charge is 0.490 e. The molecule has 2 rings (SSSR count). The molecule has 0 bridgehead atoms. The van der Waals surface area contributed by atoms with Crippen LogP contribution in [0.15, 0.2) is 42.5 Å². The number of nitrogens with one attached hydrogen (secondary N) is 2. The molecule has 142 valence electrons. The summed E-state index contributed by atoms with van der Waals surface area (Å²) in [4.78, 5) is 22.9. The highest BCUT2D eigenvalue weighted by atomic mass is 32.1. The predicted molar refractivity (Wildman–Crippen MR) is 108 cm³/mol. The fourth-order valence-electron chi connectivity index (χ4n) is 2.56. The van der Waals surface area contributed by atoms with E-state index in [1.54, 1.807) is 0 Å². The number of methoxy groups -OCH3 is 1. The number of carbonyl (C=O) groups excluding carboxylic acids is 1. The van der Waals surface area contributed by atoms with E-state index in [4.69, 9.17) is 17.0 Å². The van der Waals surface area contributed by atoms with Crippen molar-refractivity contribution in [2.24, 2.45) is 0 Å². The van der Waals surface area contributed by atoms with E-state index in [1.807, 2.05) is 24.3 Å². The molecule has 2 aromatic rings. The molecule has 0 saturated carbocycles. The van der Waals surface area contributed by atoms with Gasteiger partial charge in [0.1, 0.15) is 0 Å². The average molecular weight is 387 g/mol. The first-order valence-electron chi connectivity index (χ1n) is 8.41. The Balaban J connectivity index is 2.14. The highest BCUT2D eigenvalue weighted by Gasteiger charge is 2.19. The van der Waals surface area contributed by atoms with Crippen LogP contribution in [0.5, 0.6) is 5.75 Å². The number of hydrogen-bond acceptors (Lipinski definition) is 5.